The van der Waals surface area contributed by atoms with Crippen LogP contribution in [0.15, 0.2) is 0 Å². The first kappa shape index (κ1) is 18.4. The van der Waals surface area contributed by atoms with E-state index in [1.807, 2.05) is 11.7 Å². The van der Waals surface area contributed by atoms with Gasteiger partial charge in [-0.2, -0.15) is 5.10 Å². The first-order valence-electron chi connectivity index (χ1n) is 9.71. The molecule has 140 valence electrons. The van der Waals surface area contributed by atoms with Crippen LogP contribution in [0.3, 0.4) is 0 Å². The van der Waals surface area contributed by atoms with Crippen molar-refractivity contribution >= 4 is 5.91 Å². The number of aryl methyl sites for hydroxylation is 2. The fraction of sp³-hybridized carbons (Fsp3) is 0.789. The van der Waals surface area contributed by atoms with Crippen LogP contribution >= 0.6 is 0 Å². The number of likely N-dealkylation sites (N-methyl/N-ethyl adjacent to an activating group) is 1. The minimum absolute atomic E-state index is 0.0558. The van der Waals surface area contributed by atoms with E-state index in [2.05, 4.69) is 47.5 Å². The highest BCUT2D eigenvalue weighted by molar-refractivity contribution is 5.81. The van der Waals surface area contributed by atoms with Gasteiger partial charge in [-0.25, -0.2) is 0 Å². The zero-order valence-corrected chi connectivity index (χ0v) is 16.5. The third-order valence-electron chi connectivity index (χ3n) is 6.18. The van der Waals surface area contributed by atoms with Gasteiger partial charge in [0.15, 0.2) is 0 Å². The van der Waals surface area contributed by atoms with Crippen LogP contribution in [0.25, 0.3) is 0 Å². The highest BCUT2D eigenvalue weighted by Crippen LogP contribution is 2.37. The number of rotatable bonds is 4. The summed E-state index contributed by atoms with van der Waals surface area (Å²) in [5.74, 6) is 0.293. The molecule has 6 nitrogen and oxygen atoms in total. The molecule has 0 bridgehead atoms. The van der Waals surface area contributed by atoms with Crippen LogP contribution in [0, 0.1) is 13.8 Å². The van der Waals surface area contributed by atoms with Crippen LogP contribution < -0.4 is 0 Å². The lowest BCUT2D eigenvalue weighted by Gasteiger charge is -2.38. The molecule has 0 unspecified atom stereocenters. The topological polar surface area (TPSA) is 44.6 Å². The molecular weight excluding hydrogens is 314 g/mol. The Morgan fingerprint density at radius 2 is 1.88 bits per heavy atom. The van der Waals surface area contributed by atoms with Gasteiger partial charge in [-0.15, -0.1) is 0 Å². The highest BCUT2D eigenvalue weighted by atomic mass is 16.2. The van der Waals surface area contributed by atoms with E-state index in [1.54, 1.807) is 0 Å². The molecule has 1 amide bonds. The first-order valence-corrected chi connectivity index (χ1v) is 9.71. The molecule has 2 fully saturated rings. The smallest absolute Gasteiger partial charge is 0.239 e. The second-order valence-corrected chi connectivity index (χ2v) is 7.54. The lowest BCUT2D eigenvalue weighted by molar-refractivity contribution is -0.138. The Hall–Kier alpha value is -1.40. The van der Waals surface area contributed by atoms with Gasteiger partial charge in [0.05, 0.1) is 11.7 Å². The Morgan fingerprint density at radius 1 is 1.20 bits per heavy atom. The Kier molecular flexibility index (Phi) is 5.49. The van der Waals surface area contributed by atoms with Crippen LogP contribution in [0.4, 0.5) is 0 Å². The zero-order chi connectivity index (χ0) is 18.1. The molecule has 0 saturated carbocycles. The summed E-state index contributed by atoms with van der Waals surface area (Å²) in [5, 5.41) is 4.59. The molecule has 2 atom stereocenters. The van der Waals surface area contributed by atoms with Crippen molar-refractivity contribution in [2.75, 3.05) is 39.3 Å². The quantitative estimate of drug-likeness (QED) is 0.832. The maximum atomic E-state index is 13.1. The Morgan fingerprint density at radius 3 is 2.44 bits per heavy atom. The fourth-order valence-electron chi connectivity index (χ4n) is 4.53. The standard InChI is InChI=1S/C19H33N5O/c1-6-22-10-12-23(13-11-22)19(25)16(4)24-9-7-8-17(24)18-14(2)20-21(5)15(18)3/h16-17H,6-13H2,1-5H3/t16-,17+/m1/s1. The number of carbonyl (C=O) groups excluding carboxylic acids is 1. The summed E-state index contributed by atoms with van der Waals surface area (Å²) < 4.78 is 1.97. The summed E-state index contributed by atoms with van der Waals surface area (Å²) in [6.07, 6.45) is 2.27. The molecule has 1 aromatic heterocycles. The lowest BCUT2D eigenvalue weighted by atomic mass is 10.0. The third kappa shape index (κ3) is 3.47. The number of piperazine rings is 1. The van der Waals surface area contributed by atoms with Gasteiger partial charge >= 0.3 is 0 Å². The first-order chi connectivity index (χ1) is 11.9. The second kappa shape index (κ2) is 7.46. The molecule has 2 aliphatic heterocycles. The van der Waals surface area contributed by atoms with E-state index in [4.69, 9.17) is 0 Å². The zero-order valence-electron chi connectivity index (χ0n) is 16.5. The summed E-state index contributed by atoms with van der Waals surface area (Å²) >= 11 is 0. The van der Waals surface area contributed by atoms with E-state index < -0.39 is 0 Å². The van der Waals surface area contributed by atoms with E-state index in [-0.39, 0.29) is 6.04 Å². The van der Waals surface area contributed by atoms with Crippen molar-refractivity contribution in [1.29, 1.82) is 0 Å². The highest BCUT2D eigenvalue weighted by Gasteiger charge is 2.37. The molecular formula is C19H33N5O. The molecule has 0 N–H and O–H groups in total. The maximum absolute atomic E-state index is 13.1. The summed E-state index contributed by atoms with van der Waals surface area (Å²) in [6, 6.07) is 0.268. The van der Waals surface area contributed by atoms with Gasteiger partial charge in [0.2, 0.25) is 5.91 Å². The van der Waals surface area contributed by atoms with E-state index in [0.29, 0.717) is 11.9 Å². The molecule has 2 saturated heterocycles. The van der Waals surface area contributed by atoms with Crippen molar-refractivity contribution in [2.24, 2.45) is 7.05 Å². The van der Waals surface area contributed by atoms with Gasteiger partial charge in [-0.05, 0) is 46.7 Å². The average molecular weight is 348 g/mol. The molecule has 2 aliphatic rings. The maximum Gasteiger partial charge on any atom is 0.239 e. The van der Waals surface area contributed by atoms with Crippen molar-refractivity contribution < 1.29 is 4.79 Å². The number of hydrogen-bond donors (Lipinski definition) is 0. The van der Waals surface area contributed by atoms with Crippen LogP contribution in [0.5, 0.6) is 0 Å². The number of likely N-dealkylation sites (tertiary alicyclic amines) is 1. The van der Waals surface area contributed by atoms with Gasteiger partial charge < -0.3 is 9.80 Å². The van der Waals surface area contributed by atoms with E-state index >= 15 is 0 Å². The van der Waals surface area contributed by atoms with Gasteiger partial charge in [0.1, 0.15) is 0 Å². The van der Waals surface area contributed by atoms with Crippen molar-refractivity contribution in [3.8, 4) is 0 Å². The van der Waals surface area contributed by atoms with Crippen molar-refractivity contribution in [3.63, 3.8) is 0 Å². The molecule has 0 spiro atoms. The van der Waals surface area contributed by atoms with Crippen LogP contribution in [-0.2, 0) is 11.8 Å². The minimum Gasteiger partial charge on any atom is -0.339 e. The Bertz CT molecular complexity index is 618. The summed E-state index contributed by atoms with van der Waals surface area (Å²) in [5.41, 5.74) is 3.66. The molecule has 1 aromatic rings. The largest absolute Gasteiger partial charge is 0.339 e. The summed E-state index contributed by atoms with van der Waals surface area (Å²) in [7, 11) is 2.01. The van der Waals surface area contributed by atoms with Gasteiger partial charge in [-0.3, -0.25) is 14.4 Å². The minimum atomic E-state index is -0.0558. The summed E-state index contributed by atoms with van der Waals surface area (Å²) in [4.78, 5) is 20.0. The number of aromatic nitrogens is 2. The van der Waals surface area contributed by atoms with Crippen molar-refractivity contribution in [3.05, 3.63) is 17.0 Å². The number of nitrogens with zero attached hydrogens (tertiary/aromatic N) is 5. The monoisotopic (exact) mass is 347 g/mol. The Labute approximate surface area is 151 Å². The molecule has 0 aliphatic carbocycles. The number of hydrogen-bond acceptors (Lipinski definition) is 4. The van der Waals surface area contributed by atoms with Crippen LogP contribution in [-0.4, -0.2) is 75.7 Å². The number of amides is 1. The molecule has 3 heterocycles. The van der Waals surface area contributed by atoms with Crippen molar-refractivity contribution in [2.45, 2.75) is 52.6 Å². The van der Waals surface area contributed by atoms with Gasteiger partial charge in [-0.1, -0.05) is 6.92 Å². The second-order valence-electron chi connectivity index (χ2n) is 7.54. The fourth-order valence-corrected chi connectivity index (χ4v) is 4.53. The van der Waals surface area contributed by atoms with Gasteiger partial charge in [0, 0.05) is 50.5 Å². The normalized spacial score (nSPS) is 24.0. The van der Waals surface area contributed by atoms with Crippen molar-refractivity contribution in [1.82, 2.24) is 24.5 Å². The van der Waals surface area contributed by atoms with E-state index in [1.165, 1.54) is 11.3 Å². The lowest BCUT2D eigenvalue weighted by Crippen LogP contribution is -2.54. The third-order valence-corrected chi connectivity index (χ3v) is 6.18. The molecule has 0 radical (unpaired) electrons. The molecule has 6 heteroatoms. The predicted molar refractivity (Wildman–Crippen MR) is 99.5 cm³/mol. The summed E-state index contributed by atoms with van der Waals surface area (Å²) in [6.45, 7) is 14.3. The Balaban J connectivity index is 1.72. The van der Waals surface area contributed by atoms with Crippen LogP contribution in [0.1, 0.15) is 49.7 Å². The van der Waals surface area contributed by atoms with Crippen LogP contribution in [0.2, 0.25) is 0 Å². The van der Waals surface area contributed by atoms with Gasteiger partial charge in [0.25, 0.3) is 0 Å². The van der Waals surface area contributed by atoms with E-state index in [0.717, 1.165) is 57.8 Å². The predicted octanol–water partition coefficient (Wildman–Crippen LogP) is 1.73. The number of carbonyl (C=O) groups is 1. The SMILES string of the molecule is CCN1CCN(C(=O)[C@@H](C)N2CCC[C@H]2c2c(C)nn(C)c2C)CC1. The molecule has 0 aromatic carbocycles. The molecule has 3 rings (SSSR count). The van der Waals surface area contributed by atoms with E-state index in [9.17, 15) is 4.79 Å². The molecule has 25 heavy (non-hydrogen) atoms. The average Bonchev–Trinajstić information content (AvgIpc) is 3.18.